The van der Waals surface area contributed by atoms with Gasteiger partial charge in [0.2, 0.25) is 5.91 Å². The van der Waals surface area contributed by atoms with Crippen molar-refractivity contribution in [3.8, 4) is 0 Å². The second kappa shape index (κ2) is 9.24. The minimum Gasteiger partial charge on any atom is -0.311 e. The van der Waals surface area contributed by atoms with Crippen molar-refractivity contribution in [2.45, 2.75) is 25.0 Å². The quantitative estimate of drug-likeness (QED) is 0.380. The first-order chi connectivity index (χ1) is 14.3. The van der Waals surface area contributed by atoms with E-state index in [1.807, 2.05) is 40.7 Å². The molecule has 2 heterocycles. The highest BCUT2D eigenvalue weighted by molar-refractivity contribution is 7.99. The molecule has 0 saturated carbocycles. The maximum absolute atomic E-state index is 13.0. The molecule has 5 nitrogen and oxygen atoms in total. The molecule has 0 unspecified atom stereocenters. The van der Waals surface area contributed by atoms with Crippen LogP contribution in [0.2, 0.25) is 0 Å². The fourth-order valence-electron chi connectivity index (χ4n) is 3.32. The number of anilines is 1. The second-order valence-electron chi connectivity index (χ2n) is 6.56. The molecule has 1 amide bonds. The molecule has 29 heavy (non-hydrogen) atoms. The minimum atomic E-state index is 0.0710. The Morgan fingerprint density at radius 1 is 1.14 bits per heavy atom. The number of hydrogen-bond donors (Lipinski definition) is 0. The lowest BCUT2D eigenvalue weighted by atomic mass is 10.1. The second-order valence-corrected chi connectivity index (χ2v) is 8.54. The average Bonchev–Trinajstić information content (AvgIpc) is 3.43. The van der Waals surface area contributed by atoms with E-state index in [1.165, 1.54) is 16.6 Å². The van der Waals surface area contributed by atoms with E-state index in [4.69, 9.17) is 0 Å². The van der Waals surface area contributed by atoms with Crippen molar-refractivity contribution in [1.29, 1.82) is 0 Å². The van der Waals surface area contributed by atoms with E-state index < -0.39 is 0 Å². The lowest BCUT2D eigenvalue weighted by Crippen LogP contribution is -2.32. The van der Waals surface area contributed by atoms with Crippen LogP contribution >= 0.6 is 23.1 Å². The van der Waals surface area contributed by atoms with Crippen LogP contribution in [0.4, 0.5) is 5.69 Å². The number of thioether (sulfide) groups is 1. The maximum atomic E-state index is 13.0. The zero-order valence-corrected chi connectivity index (χ0v) is 17.8. The summed E-state index contributed by atoms with van der Waals surface area (Å²) >= 11 is 3.20. The Labute approximate surface area is 178 Å². The molecular weight excluding hydrogens is 400 g/mol. The van der Waals surface area contributed by atoms with Crippen molar-refractivity contribution in [2.24, 2.45) is 0 Å². The fourth-order valence-corrected chi connectivity index (χ4v) is 4.84. The highest BCUT2D eigenvalue weighted by atomic mass is 32.2. The normalized spacial score (nSPS) is 11.1. The number of aromatic nitrogens is 3. The van der Waals surface area contributed by atoms with Crippen LogP contribution < -0.4 is 4.90 Å². The Bertz CT molecular complexity index is 1090. The van der Waals surface area contributed by atoms with Crippen molar-refractivity contribution < 1.29 is 4.79 Å². The molecule has 0 N–H and O–H groups in total. The molecule has 0 spiro atoms. The zero-order chi connectivity index (χ0) is 20.1. The van der Waals surface area contributed by atoms with Gasteiger partial charge in [0.15, 0.2) is 5.16 Å². The molecule has 0 aliphatic rings. The Kier molecular flexibility index (Phi) is 6.27. The number of rotatable bonds is 8. The van der Waals surface area contributed by atoms with Crippen LogP contribution in [0.1, 0.15) is 11.8 Å². The summed E-state index contributed by atoms with van der Waals surface area (Å²) < 4.78 is 2.02. The monoisotopic (exact) mass is 422 g/mol. The number of nitrogens with zero attached hydrogens (tertiary/aromatic N) is 4. The van der Waals surface area contributed by atoms with Gasteiger partial charge < -0.3 is 9.47 Å². The standard InChI is InChI=1S/C22H22N4OS2/c1-2-26(20-11-5-8-17-7-3-4-10-19(17)20)21(27)15-29-22-24-23-16-25(22)13-12-18-9-6-14-28-18/h3-11,14,16H,2,12-13,15H2,1H3. The Hall–Kier alpha value is -2.64. The number of amides is 1. The van der Waals surface area contributed by atoms with Gasteiger partial charge in [-0.2, -0.15) is 0 Å². The van der Waals surface area contributed by atoms with Crippen molar-refractivity contribution in [1.82, 2.24) is 14.8 Å². The lowest BCUT2D eigenvalue weighted by molar-refractivity contribution is -0.116. The Morgan fingerprint density at radius 3 is 2.83 bits per heavy atom. The van der Waals surface area contributed by atoms with E-state index in [1.54, 1.807) is 17.7 Å². The van der Waals surface area contributed by atoms with Gasteiger partial charge in [0.05, 0.1) is 11.4 Å². The number of hydrogen-bond acceptors (Lipinski definition) is 5. The van der Waals surface area contributed by atoms with Gasteiger partial charge in [-0.3, -0.25) is 4.79 Å². The van der Waals surface area contributed by atoms with E-state index in [2.05, 4.69) is 45.9 Å². The van der Waals surface area contributed by atoms with Crippen LogP contribution in [0.25, 0.3) is 10.8 Å². The third-order valence-corrected chi connectivity index (χ3v) is 6.66. The molecule has 0 fully saturated rings. The summed E-state index contributed by atoms with van der Waals surface area (Å²) in [4.78, 5) is 16.2. The molecule has 0 radical (unpaired) electrons. The number of carbonyl (C=O) groups is 1. The van der Waals surface area contributed by atoms with Crippen molar-refractivity contribution in [3.05, 3.63) is 71.2 Å². The van der Waals surface area contributed by atoms with Gasteiger partial charge >= 0.3 is 0 Å². The third kappa shape index (κ3) is 4.52. The Morgan fingerprint density at radius 2 is 2.00 bits per heavy atom. The smallest absolute Gasteiger partial charge is 0.237 e. The summed E-state index contributed by atoms with van der Waals surface area (Å²) in [5.74, 6) is 0.399. The molecule has 148 valence electrons. The van der Waals surface area contributed by atoms with Crippen LogP contribution in [0, 0.1) is 0 Å². The molecule has 4 rings (SSSR count). The predicted molar refractivity (Wildman–Crippen MR) is 121 cm³/mol. The third-order valence-electron chi connectivity index (χ3n) is 4.76. The van der Waals surface area contributed by atoms with E-state index in [0.717, 1.165) is 34.6 Å². The van der Waals surface area contributed by atoms with Gasteiger partial charge in [-0.1, -0.05) is 54.2 Å². The van der Waals surface area contributed by atoms with Crippen LogP contribution in [-0.2, 0) is 17.8 Å². The van der Waals surface area contributed by atoms with E-state index >= 15 is 0 Å². The first-order valence-corrected chi connectivity index (χ1v) is 11.4. The predicted octanol–water partition coefficient (Wildman–Crippen LogP) is 4.88. The van der Waals surface area contributed by atoms with Crippen LogP contribution in [0.3, 0.4) is 0 Å². The van der Waals surface area contributed by atoms with Crippen molar-refractivity contribution in [2.75, 3.05) is 17.2 Å². The Balaban J connectivity index is 1.44. The van der Waals surface area contributed by atoms with E-state index in [-0.39, 0.29) is 5.91 Å². The van der Waals surface area contributed by atoms with Gasteiger partial charge in [-0.05, 0) is 36.2 Å². The molecule has 0 atom stereocenters. The topological polar surface area (TPSA) is 51.0 Å². The summed E-state index contributed by atoms with van der Waals surface area (Å²) in [7, 11) is 0. The van der Waals surface area contributed by atoms with Crippen molar-refractivity contribution >= 4 is 45.5 Å². The van der Waals surface area contributed by atoms with Gasteiger partial charge in [-0.25, -0.2) is 0 Å². The SMILES string of the molecule is CCN(C(=O)CSc1nncn1CCc1cccs1)c1cccc2ccccc12. The van der Waals surface area contributed by atoms with E-state index in [9.17, 15) is 4.79 Å². The number of benzene rings is 2. The summed E-state index contributed by atoms with van der Waals surface area (Å²) in [6.45, 7) is 3.44. The van der Waals surface area contributed by atoms with Crippen LogP contribution in [0.5, 0.6) is 0 Å². The molecule has 0 aliphatic heterocycles. The molecule has 0 saturated heterocycles. The molecular formula is C22H22N4OS2. The summed E-state index contributed by atoms with van der Waals surface area (Å²) in [6.07, 6.45) is 2.68. The number of aryl methyl sites for hydroxylation is 2. The van der Waals surface area contributed by atoms with Gasteiger partial charge in [0.25, 0.3) is 0 Å². The lowest BCUT2D eigenvalue weighted by Gasteiger charge is -2.22. The molecule has 2 aromatic heterocycles. The molecule has 0 aliphatic carbocycles. The molecule has 2 aromatic carbocycles. The molecule has 4 aromatic rings. The van der Waals surface area contributed by atoms with Gasteiger partial charge in [0.1, 0.15) is 6.33 Å². The first kappa shape index (κ1) is 19.7. The molecule has 7 heteroatoms. The highest BCUT2D eigenvalue weighted by Crippen LogP contribution is 2.28. The highest BCUT2D eigenvalue weighted by Gasteiger charge is 2.18. The van der Waals surface area contributed by atoms with Crippen LogP contribution in [0.15, 0.2) is 71.5 Å². The largest absolute Gasteiger partial charge is 0.311 e. The fraction of sp³-hybridized carbons (Fsp3) is 0.227. The molecule has 0 bridgehead atoms. The number of fused-ring (bicyclic) bond motifs is 1. The summed E-state index contributed by atoms with van der Waals surface area (Å²) in [6, 6.07) is 18.4. The van der Waals surface area contributed by atoms with Gasteiger partial charge in [0, 0.05) is 23.4 Å². The zero-order valence-electron chi connectivity index (χ0n) is 16.2. The van der Waals surface area contributed by atoms with Crippen molar-refractivity contribution in [3.63, 3.8) is 0 Å². The minimum absolute atomic E-state index is 0.0710. The van der Waals surface area contributed by atoms with Gasteiger partial charge in [-0.15, -0.1) is 21.5 Å². The number of thiophene rings is 1. The average molecular weight is 423 g/mol. The van der Waals surface area contributed by atoms with E-state index in [0.29, 0.717) is 12.3 Å². The van der Waals surface area contributed by atoms with Crippen LogP contribution in [-0.4, -0.2) is 33.0 Å². The summed E-state index contributed by atoms with van der Waals surface area (Å²) in [5.41, 5.74) is 0.954. The maximum Gasteiger partial charge on any atom is 0.237 e. The summed E-state index contributed by atoms with van der Waals surface area (Å²) in [5, 5.41) is 13.3. The number of carbonyl (C=O) groups excluding carboxylic acids is 1. The first-order valence-electron chi connectivity index (χ1n) is 9.57.